The third-order valence-corrected chi connectivity index (χ3v) is 5.19. The molecule has 0 aromatic heterocycles. The second-order valence-electron chi connectivity index (χ2n) is 5.44. The van der Waals surface area contributed by atoms with Crippen LogP contribution >= 0.6 is 15.9 Å². The summed E-state index contributed by atoms with van der Waals surface area (Å²) in [5.74, 6) is -0.114. The van der Waals surface area contributed by atoms with E-state index in [1.807, 2.05) is 18.2 Å². The highest BCUT2D eigenvalue weighted by atomic mass is 79.9. The van der Waals surface area contributed by atoms with Gasteiger partial charge in [-0.2, -0.15) is 0 Å². The molecule has 3 unspecified atom stereocenters. The van der Waals surface area contributed by atoms with Crippen molar-refractivity contribution < 1.29 is 8.78 Å². The Hall–Kier alpha value is -1.22. The SMILES string of the molecule is Cc1cc(C(Br)C2CC2c2ccccc2)c(F)cc1F. The van der Waals surface area contributed by atoms with E-state index < -0.39 is 11.6 Å². The number of rotatable bonds is 3. The second kappa shape index (κ2) is 5.28. The molecule has 1 saturated carbocycles. The van der Waals surface area contributed by atoms with Crippen LogP contribution in [0.1, 0.15) is 33.9 Å². The summed E-state index contributed by atoms with van der Waals surface area (Å²) in [6.07, 6.45) is 1.04. The standard InChI is InChI=1S/C17H15BrF2/c1-10-7-14(16(20)9-15(10)19)17(18)13-8-12(13)11-5-3-2-4-6-11/h2-7,9,12-13,17H,8H2,1H3. The Balaban J connectivity index is 1.82. The summed E-state index contributed by atoms with van der Waals surface area (Å²) in [5, 5.41) is 0. The maximum absolute atomic E-state index is 13.9. The number of hydrogen-bond donors (Lipinski definition) is 0. The molecule has 0 amide bonds. The van der Waals surface area contributed by atoms with Crippen molar-refractivity contribution in [2.75, 3.05) is 0 Å². The fourth-order valence-electron chi connectivity index (χ4n) is 2.74. The van der Waals surface area contributed by atoms with Crippen molar-refractivity contribution in [2.24, 2.45) is 5.92 Å². The van der Waals surface area contributed by atoms with Crippen LogP contribution in [0, 0.1) is 24.5 Å². The monoisotopic (exact) mass is 336 g/mol. The zero-order valence-corrected chi connectivity index (χ0v) is 12.7. The Morgan fingerprint density at radius 3 is 2.50 bits per heavy atom. The molecule has 3 atom stereocenters. The normalized spacial score (nSPS) is 22.6. The summed E-state index contributed by atoms with van der Waals surface area (Å²) in [6, 6.07) is 12.9. The smallest absolute Gasteiger partial charge is 0.130 e. The highest BCUT2D eigenvalue weighted by molar-refractivity contribution is 9.09. The van der Waals surface area contributed by atoms with Gasteiger partial charge in [-0.15, -0.1) is 0 Å². The molecular formula is C17H15BrF2. The molecule has 104 valence electrons. The van der Waals surface area contributed by atoms with Gasteiger partial charge in [0, 0.05) is 16.5 Å². The van der Waals surface area contributed by atoms with Crippen molar-refractivity contribution in [1.29, 1.82) is 0 Å². The Morgan fingerprint density at radius 1 is 1.10 bits per heavy atom. The van der Waals surface area contributed by atoms with Gasteiger partial charge in [-0.25, -0.2) is 8.78 Å². The van der Waals surface area contributed by atoms with Gasteiger partial charge in [-0.1, -0.05) is 46.3 Å². The fraction of sp³-hybridized carbons (Fsp3) is 0.294. The van der Waals surface area contributed by atoms with Gasteiger partial charge in [0.25, 0.3) is 0 Å². The Bertz CT molecular complexity index is 624. The van der Waals surface area contributed by atoms with E-state index in [1.54, 1.807) is 13.0 Å². The molecule has 3 rings (SSSR count). The Labute approximate surface area is 126 Å². The molecule has 20 heavy (non-hydrogen) atoms. The van der Waals surface area contributed by atoms with Gasteiger partial charge >= 0.3 is 0 Å². The number of halogens is 3. The first-order chi connectivity index (χ1) is 9.58. The molecule has 1 aliphatic carbocycles. The van der Waals surface area contributed by atoms with E-state index in [2.05, 4.69) is 28.1 Å². The molecule has 0 heterocycles. The van der Waals surface area contributed by atoms with E-state index in [9.17, 15) is 8.78 Å². The molecule has 0 bridgehead atoms. The lowest BCUT2D eigenvalue weighted by molar-refractivity contribution is 0.561. The average molecular weight is 337 g/mol. The van der Waals surface area contributed by atoms with Gasteiger partial charge in [0.2, 0.25) is 0 Å². The molecule has 2 aromatic carbocycles. The topological polar surface area (TPSA) is 0 Å². The summed E-state index contributed by atoms with van der Waals surface area (Å²) in [7, 11) is 0. The van der Waals surface area contributed by atoms with Crippen LogP contribution < -0.4 is 0 Å². The number of benzene rings is 2. The third-order valence-electron chi connectivity index (χ3n) is 4.02. The van der Waals surface area contributed by atoms with Crippen LogP contribution in [0.25, 0.3) is 0 Å². The molecule has 0 spiro atoms. The maximum Gasteiger partial charge on any atom is 0.130 e. The van der Waals surface area contributed by atoms with Gasteiger partial charge in [0.1, 0.15) is 11.6 Å². The third kappa shape index (κ3) is 2.51. The Morgan fingerprint density at radius 2 is 1.80 bits per heavy atom. The van der Waals surface area contributed by atoms with E-state index in [-0.39, 0.29) is 4.83 Å². The van der Waals surface area contributed by atoms with E-state index in [0.29, 0.717) is 23.0 Å². The molecular weight excluding hydrogens is 322 g/mol. The molecule has 0 nitrogen and oxygen atoms in total. The minimum Gasteiger partial charge on any atom is -0.207 e. The molecule has 3 heteroatoms. The van der Waals surface area contributed by atoms with E-state index >= 15 is 0 Å². The fourth-order valence-corrected chi connectivity index (χ4v) is 3.68. The van der Waals surface area contributed by atoms with Gasteiger partial charge in [-0.3, -0.25) is 0 Å². The minimum atomic E-state index is -0.485. The lowest BCUT2D eigenvalue weighted by atomic mass is 10.0. The van der Waals surface area contributed by atoms with Crippen molar-refractivity contribution >= 4 is 15.9 Å². The lowest BCUT2D eigenvalue weighted by Gasteiger charge is -2.13. The molecule has 1 fully saturated rings. The quantitative estimate of drug-likeness (QED) is 0.648. The molecule has 0 saturated heterocycles. The maximum atomic E-state index is 13.9. The van der Waals surface area contributed by atoms with Gasteiger partial charge < -0.3 is 0 Å². The largest absolute Gasteiger partial charge is 0.207 e. The zero-order chi connectivity index (χ0) is 14.3. The van der Waals surface area contributed by atoms with Crippen molar-refractivity contribution in [3.05, 3.63) is 70.8 Å². The van der Waals surface area contributed by atoms with E-state index in [4.69, 9.17) is 0 Å². The summed E-state index contributed by atoms with van der Waals surface area (Å²) in [6.45, 7) is 1.67. The van der Waals surface area contributed by atoms with Crippen LogP contribution in [0.15, 0.2) is 42.5 Å². The van der Waals surface area contributed by atoms with Crippen LogP contribution in [-0.2, 0) is 0 Å². The van der Waals surface area contributed by atoms with Crippen LogP contribution in [0.2, 0.25) is 0 Å². The Kier molecular flexibility index (Phi) is 3.63. The van der Waals surface area contributed by atoms with Gasteiger partial charge in [-0.05, 0) is 42.4 Å². The number of aryl methyl sites for hydroxylation is 1. The average Bonchev–Trinajstić information content (AvgIpc) is 3.23. The first kappa shape index (κ1) is 13.7. The first-order valence-corrected chi connectivity index (χ1v) is 7.64. The highest BCUT2D eigenvalue weighted by Crippen LogP contribution is 2.57. The van der Waals surface area contributed by atoms with Crippen LogP contribution in [0.5, 0.6) is 0 Å². The summed E-state index contributed by atoms with van der Waals surface area (Å²) < 4.78 is 27.3. The van der Waals surface area contributed by atoms with E-state index in [0.717, 1.165) is 12.5 Å². The van der Waals surface area contributed by atoms with Crippen LogP contribution in [0.3, 0.4) is 0 Å². The number of hydrogen-bond acceptors (Lipinski definition) is 0. The number of alkyl halides is 1. The summed E-state index contributed by atoms with van der Waals surface area (Å²) >= 11 is 3.60. The first-order valence-electron chi connectivity index (χ1n) is 6.72. The predicted molar refractivity (Wildman–Crippen MR) is 80.1 cm³/mol. The minimum absolute atomic E-state index is 0.0630. The molecule has 0 radical (unpaired) electrons. The van der Waals surface area contributed by atoms with Crippen molar-refractivity contribution in [1.82, 2.24) is 0 Å². The molecule has 2 aromatic rings. The zero-order valence-electron chi connectivity index (χ0n) is 11.1. The summed E-state index contributed by atoms with van der Waals surface area (Å²) in [5.41, 5.74) is 2.34. The van der Waals surface area contributed by atoms with Crippen molar-refractivity contribution in [3.8, 4) is 0 Å². The highest BCUT2D eigenvalue weighted by Gasteiger charge is 2.44. The lowest BCUT2D eigenvalue weighted by Crippen LogP contribution is -2.00. The molecule has 1 aliphatic rings. The van der Waals surface area contributed by atoms with Crippen LogP contribution in [0.4, 0.5) is 8.78 Å². The summed E-state index contributed by atoms with van der Waals surface area (Å²) in [4.78, 5) is -0.0630. The molecule has 0 aliphatic heterocycles. The predicted octanol–water partition coefficient (Wildman–Crippen LogP) is 5.51. The van der Waals surface area contributed by atoms with Crippen molar-refractivity contribution in [2.45, 2.75) is 24.1 Å². The molecule has 0 N–H and O–H groups in total. The van der Waals surface area contributed by atoms with Gasteiger partial charge in [0.05, 0.1) is 0 Å². The van der Waals surface area contributed by atoms with Crippen molar-refractivity contribution in [3.63, 3.8) is 0 Å². The van der Waals surface area contributed by atoms with Gasteiger partial charge in [0.15, 0.2) is 0 Å². The second-order valence-corrected chi connectivity index (χ2v) is 6.43. The van der Waals surface area contributed by atoms with Crippen LogP contribution in [-0.4, -0.2) is 0 Å². The van der Waals surface area contributed by atoms with E-state index in [1.165, 1.54) is 5.56 Å².